The zero-order valence-corrected chi connectivity index (χ0v) is 12.8. The van der Waals surface area contributed by atoms with Gasteiger partial charge in [-0.15, -0.1) is 11.8 Å². The molecule has 1 aromatic heterocycles. The van der Waals surface area contributed by atoms with Gasteiger partial charge in [-0.25, -0.2) is 9.97 Å². The number of amides is 1. The number of aromatic nitrogens is 2. The number of rotatable bonds is 5. The molecule has 0 aromatic carbocycles. The number of carbonyl (C=O) groups is 1. The van der Waals surface area contributed by atoms with Crippen LogP contribution in [0.3, 0.4) is 0 Å². The summed E-state index contributed by atoms with van der Waals surface area (Å²) in [6, 6.07) is 2.12. The molecule has 0 bridgehead atoms. The summed E-state index contributed by atoms with van der Waals surface area (Å²) in [7, 11) is 0. The lowest BCUT2D eigenvalue weighted by Gasteiger charge is -2.17. The Balaban J connectivity index is 2.37. The lowest BCUT2D eigenvalue weighted by atomic mass is 10.4. The van der Waals surface area contributed by atoms with Crippen LogP contribution in [-0.2, 0) is 4.79 Å². The maximum atomic E-state index is 10.9. The number of nitrogens with two attached hydrogens (primary N) is 1. The predicted molar refractivity (Wildman–Crippen MR) is 79.9 cm³/mol. The van der Waals surface area contributed by atoms with Crippen molar-refractivity contribution in [1.82, 2.24) is 9.97 Å². The summed E-state index contributed by atoms with van der Waals surface area (Å²) in [5.41, 5.74) is 5.58. The van der Waals surface area contributed by atoms with E-state index in [9.17, 15) is 10.1 Å². The van der Waals surface area contributed by atoms with Crippen LogP contribution >= 0.6 is 23.5 Å². The van der Waals surface area contributed by atoms with Crippen LogP contribution in [0.2, 0.25) is 0 Å². The minimum Gasteiger partial charge on any atom is -0.369 e. The topological polar surface area (TPSA) is 95.9 Å². The lowest BCUT2D eigenvalue weighted by molar-refractivity contribution is -0.115. The van der Waals surface area contributed by atoms with Crippen molar-refractivity contribution in [2.45, 2.75) is 22.9 Å². The zero-order valence-electron chi connectivity index (χ0n) is 11.1. The molecule has 6 nitrogen and oxygen atoms in total. The van der Waals surface area contributed by atoms with Gasteiger partial charge in [-0.3, -0.25) is 4.79 Å². The van der Waals surface area contributed by atoms with E-state index in [2.05, 4.69) is 20.9 Å². The van der Waals surface area contributed by atoms with Crippen molar-refractivity contribution in [3.63, 3.8) is 0 Å². The second-order valence-corrected chi connectivity index (χ2v) is 6.03. The van der Waals surface area contributed by atoms with Gasteiger partial charge < -0.3 is 10.6 Å². The van der Waals surface area contributed by atoms with Gasteiger partial charge in [-0.05, 0) is 19.1 Å². The van der Waals surface area contributed by atoms with Crippen molar-refractivity contribution >= 4 is 35.4 Å². The average Bonchev–Trinajstić information content (AvgIpc) is 2.97. The van der Waals surface area contributed by atoms with Gasteiger partial charge in [0.1, 0.15) is 21.7 Å². The van der Waals surface area contributed by atoms with Crippen LogP contribution in [0, 0.1) is 11.3 Å². The van der Waals surface area contributed by atoms with E-state index in [0.717, 1.165) is 25.9 Å². The predicted octanol–water partition coefficient (Wildman–Crippen LogP) is 1.25. The first kappa shape index (κ1) is 14.9. The van der Waals surface area contributed by atoms with Crippen molar-refractivity contribution in [3.05, 3.63) is 5.56 Å². The Morgan fingerprint density at radius 1 is 1.40 bits per heavy atom. The fourth-order valence-electron chi connectivity index (χ4n) is 1.96. The van der Waals surface area contributed by atoms with Crippen LogP contribution in [0.5, 0.6) is 0 Å². The number of nitriles is 1. The average molecular weight is 309 g/mol. The molecule has 0 aliphatic carbocycles. The molecule has 1 aliphatic rings. The normalized spacial score (nSPS) is 14.3. The van der Waals surface area contributed by atoms with Crippen molar-refractivity contribution in [1.29, 1.82) is 5.26 Å². The molecule has 1 aliphatic heterocycles. The summed E-state index contributed by atoms with van der Waals surface area (Å²) >= 11 is 2.61. The molecule has 2 rings (SSSR count). The van der Waals surface area contributed by atoms with Crippen LogP contribution in [0.25, 0.3) is 0 Å². The van der Waals surface area contributed by atoms with Crippen LogP contribution in [0.4, 0.5) is 5.95 Å². The summed E-state index contributed by atoms with van der Waals surface area (Å²) in [4.78, 5) is 21.9. The van der Waals surface area contributed by atoms with Gasteiger partial charge >= 0.3 is 0 Å². The quantitative estimate of drug-likeness (QED) is 0.646. The molecule has 0 unspecified atom stereocenters. The van der Waals surface area contributed by atoms with Crippen LogP contribution in [-0.4, -0.2) is 41.0 Å². The summed E-state index contributed by atoms with van der Waals surface area (Å²) in [5, 5.41) is 10.4. The highest BCUT2D eigenvalue weighted by Crippen LogP contribution is 2.30. The first-order chi connectivity index (χ1) is 9.65. The number of primary amides is 1. The van der Waals surface area contributed by atoms with E-state index in [0.29, 0.717) is 21.6 Å². The summed E-state index contributed by atoms with van der Waals surface area (Å²) < 4.78 is 0. The van der Waals surface area contributed by atoms with Crippen molar-refractivity contribution < 1.29 is 4.79 Å². The van der Waals surface area contributed by atoms with E-state index in [4.69, 9.17) is 5.73 Å². The van der Waals surface area contributed by atoms with Crippen LogP contribution in [0.15, 0.2) is 10.1 Å². The Hall–Kier alpha value is -1.46. The highest BCUT2D eigenvalue weighted by molar-refractivity contribution is 8.00. The molecule has 1 amide bonds. The van der Waals surface area contributed by atoms with E-state index >= 15 is 0 Å². The fourth-order valence-corrected chi connectivity index (χ4v) is 3.25. The van der Waals surface area contributed by atoms with Crippen molar-refractivity contribution in [2.24, 2.45) is 5.73 Å². The molecular weight excluding hydrogens is 294 g/mol. The third-order valence-corrected chi connectivity index (χ3v) is 4.56. The minimum absolute atomic E-state index is 0.110. The molecular formula is C12H15N5OS2. The molecule has 8 heteroatoms. The minimum atomic E-state index is -0.425. The van der Waals surface area contributed by atoms with Gasteiger partial charge in [0.2, 0.25) is 11.9 Å². The SMILES string of the molecule is CSc1nc(N2CCCC2)nc(SCC(N)=O)c1C#N. The molecule has 1 fully saturated rings. The second kappa shape index (κ2) is 6.81. The molecule has 1 saturated heterocycles. The van der Waals surface area contributed by atoms with Crippen LogP contribution < -0.4 is 10.6 Å². The van der Waals surface area contributed by atoms with Gasteiger partial charge in [0.15, 0.2) is 0 Å². The van der Waals surface area contributed by atoms with Gasteiger partial charge in [-0.1, -0.05) is 11.8 Å². The Morgan fingerprint density at radius 2 is 2.05 bits per heavy atom. The van der Waals surface area contributed by atoms with Gasteiger partial charge in [0.05, 0.1) is 5.75 Å². The third kappa shape index (κ3) is 3.35. The Labute approximate surface area is 126 Å². The van der Waals surface area contributed by atoms with E-state index in [1.54, 1.807) is 0 Å². The van der Waals surface area contributed by atoms with E-state index in [1.165, 1.54) is 23.5 Å². The van der Waals surface area contributed by atoms with Crippen LogP contribution in [0.1, 0.15) is 18.4 Å². The first-order valence-corrected chi connectivity index (χ1v) is 8.39. The molecule has 0 atom stereocenters. The molecule has 0 saturated carbocycles. The third-order valence-electron chi connectivity index (χ3n) is 2.88. The molecule has 1 aromatic rings. The number of thioether (sulfide) groups is 2. The number of carbonyl (C=O) groups excluding carboxylic acids is 1. The number of nitrogens with zero attached hydrogens (tertiary/aromatic N) is 4. The molecule has 20 heavy (non-hydrogen) atoms. The number of hydrogen-bond donors (Lipinski definition) is 1. The maximum Gasteiger partial charge on any atom is 0.227 e. The molecule has 2 N–H and O–H groups in total. The van der Waals surface area contributed by atoms with E-state index in [-0.39, 0.29) is 5.75 Å². The van der Waals surface area contributed by atoms with Crippen molar-refractivity contribution in [3.8, 4) is 6.07 Å². The zero-order chi connectivity index (χ0) is 14.5. The molecule has 0 radical (unpaired) electrons. The Kier molecular flexibility index (Phi) is 5.09. The number of anilines is 1. The summed E-state index contributed by atoms with van der Waals surface area (Å²) in [6.07, 6.45) is 4.13. The molecule has 0 spiro atoms. The smallest absolute Gasteiger partial charge is 0.227 e. The summed E-state index contributed by atoms with van der Waals surface area (Å²) in [5.74, 6) is 0.322. The standard InChI is InChI=1S/C12H15N5OS2/c1-19-10-8(6-13)11(20-7-9(14)18)16-12(15-10)17-4-2-3-5-17/h2-5,7H2,1H3,(H2,14,18). The van der Waals surface area contributed by atoms with Gasteiger partial charge in [0, 0.05) is 13.1 Å². The number of hydrogen-bond acceptors (Lipinski definition) is 7. The van der Waals surface area contributed by atoms with E-state index in [1.807, 2.05) is 6.26 Å². The van der Waals surface area contributed by atoms with Gasteiger partial charge in [0.25, 0.3) is 0 Å². The lowest BCUT2D eigenvalue weighted by Crippen LogP contribution is -2.21. The second-order valence-electron chi connectivity index (χ2n) is 4.27. The highest BCUT2D eigenvalue weighted by Gasteiger charge is 2.20. The first-order valence-electron chi connectivity index (χ1n) is 6.18. The largest absolute Gasteiger partial charge is 0.369 e. The fraction of sp³-hybridized carbons (Fsp3) is 0.500. The van der Waals surface area contributed by atoms with Crippen molar-refractivity contribution in [2.75, 3.05) is 30.0 Å². The van der Waals surface area contributed by atoms with Gasteiger partial charge in [-0.2, -0.15) is 5.26 Å². The Bertz CT molecular complexity index is 552. The Morgan fingerprint density at radius 3 is 2.60 bits per heavy atom. The maximum absolute atomic E-state index is 10.9. The monoisotopic (exact) mass is 309 g/mol. The highest BCUT2D eigenvalue weighted by atomic mass is 32.2. The molecule has 2 heterocycles. The van der Waals surface area contributed by atoms with E-state index < -0.39 is 5.91 Å². The summed E-state index contributed by atoms with van der Waals surface area (Å²) in [6.45, 7) is 1.86. The molecule has 106 valence electrons.